The van der Waals surface area contributed by atoms with Crippen molar-refractivity contribution in [3.8, 4) is 0 Å². The van der Waals surface area contributed by atoms with Crippen LogP contribution in [-0.2, 0) is 6.54 Å². The highest BCUT2D eigenvalue weighted by atomic mass is 16.3. The maximum Gasteiger partial charge on any atom is 0.251 e. The van der Waals surface area contributed by atoms with Crippen LogP contribution in [-0.4, -0.2) is 16.3 Å². The summed E-state index contributed by atoms with van der Waals surface area (Å²) >= 11 is 0. The van der Waals surface area contributed by atoms with E-state index >= 15 is 0 Å². The van der Waals surface area contributed by atoms with Crippen LogP contribution in [0.4, 0.5) is 0 Å². The molecule has 0 aliphatic carbocycles. The van der Waals surface area contributed by atoms with Crippen molar-refractivity contribution in [1.82, 2.24) is 4.57 Å². The highest BCUT2D eigenvalue weighted by Crippen LogP contribution is 2.15. The topological polar surface area (TPSA) is 42.2 Å². The van der Waals surface area contributed by atoms with Crippen molar-refractivity contribution in [2.24, 2.45) is 0 Å². The SMILES string of the molecule is Cc1cc(=O)n(CCCO)c2ccccc12. The summed E-state index contributed by atoms with van der Waals surface area (Å²) in [4.78, 5) is 11.8. The average molecular weight is 217 g/mol. The van der Waals surface area contributed by atoms with Gasteiger partial charge in [0.2, 0.25) is 0 Å². The normalized spacial score (nSPS) is 10.9. The molecular weight excluding hydrogens is 202 g/mol. The molecule has 3 heteroatoms. The summed E-state index contributed by atoms with van der Waals surface area (Å²) in [5.74, 6) is 0. The minimum absolute atomic E-state index is 0.00431. The summed E-state index contributed by atoms with van der Waals surface area (Å²) in [5.41, 5.74) is 1.95. The van der Waals surface area contributed by atoms with Gasteiger partial charge in [0.15, 0.2) is 0 Å². The molecule has 0 radical (unpaired) electrons. The van der Waals surface area contributed by atoms with Crippen molar-refractivity contribution in [2.45, 2.75) is 19.9 Å². The number of fused-ring (bicyclic) bond motifs is 1. The Morgan fingerprint density at radius 1 is 1.31 bits per heavy atom. The molecule has 0 spiro atoms. The second kappa shape index (κ2) is 4.49. The lowest BCUT2D eigenvalue weighted by molar-refractivity contribution is 0.280. The monoisotopic (exact) mass is 217 g/mol. The number of pyridine rings is 1. The third-order valence-electron chi connectivity index (χ3n) is 2.77. The van der Waals surface area contributed by atoms with Crippen LogP contribution in [0.15, 0.2) is 35.1 Å². The summed E-state index contributed by atoms with van der Waals surface area (Å²) in [6.45, 7) is 2.62. The van der Waals surface area contributed by atoms with Gasteiger partial charge >= 0.3 is 0 Å². The van der Waals surface area contributed by atoms with Crippen LogP contribution >= 0.6 is 0 Å². The van der Waals surface area contributed by atoms with Crippen LogP contribution in [0.3, 0.4) is 0 Å². The molecule has 1 aromatic carbocycles. The molecule has 16 heavy (non-hydrogen) atoms. The second-order valence-corrected chi connectivity index (χ2v) is 3.91. The van der Waals surface area contributed by atoms with Gasteiger partial charge in [-0.05, 0) is 25.0 Å². The number of hydrogen-bond acceptors (Lipinski definition) is 2. The summed E-state index contributed by atoms with van der Waals surface area (Å²) in [6.07, 6.45) is 0.604. The molecule has 0 unspecified atom stereocenters. The number of aliphatic hydroxyl groups is 1. The van der Waals surface area contributed by atoms with Gasteiger partial charge in [-0.3, -0.25) is 4.79 Å². The molecule has 3 nitrogen and oxygen atoms in total. The zero-order chi connectivity index (χ0) is 11.5. The van der Waals surface area contributed by atoms with Crippen LogP contribution in [0, 0.1) is 6.92 Å². The molecular formula is C13H15NO2. The number of nitrogens with zero attached hydrogens (tertiary/aromatic N) is 1. The van der Waals surface area contributed by atoms with Gasteiger partial charge in [0.25, 0.3) is 5.56 Å². The van der Waals surface area contributed by atoms with Gasteiger partial charge < -0.3 is 9.67 Å². The summed E-state index contributed by atoms with van der Waals surface area (Å²) in [5, 5.41) is 9.93. The predicted octanol–water partition coefficient (Wildman–Crippen LogP) is 1.69. The Morgan fingerprint density at radius 2 is 2.06 bits per heavy atom. The molecule has 0 aliphatic rings. The Kier molecular flexibility index (Phi) is 3.06. The minimum Gasteiger partial charge on any atom is -0.396 e. The van der Waals surface area contributed by atoms with Crippen molar-refractivity contribution in [3.05, 3.63) is 46.2 Å². The predicted molar refractivity (Wildman–Crippen MR) is 64.6 cm³/mol. The number of benzene rings is 1. The van der Waals surface area contributed by atoms with Gasteiger partial charge in [-0.15, -0.1) is 0 Å². The third kappa shape index (κ3) is 1.86. The maximum absolute atomic E-state index is 11.8. The molecule has 0 bridgehead atoms. The van der Waals surface area contributed by atoms with Crippen molar-refractivity contribution in [1.29, 1.82) is 0 Å². The van der Waals surface area contributed by atoms with Gasteiger partial charge in [0.05, 0.1) is 5.52 Å². The van der Waals surface area contributed by atoms with Gasteiger partial charge in [-0.1, -0.05) is 18.2 Å². The molecule has 2 aromatic rings. The molecule has 0 saturated heterocycles. The van der Waals surface area contributed by atoms with E-state index in [2.05, 4.69) is 0 Å². The summed E-state index contributed by atoms with van der Waals surface area (Å²) < 4.78 is 1.72. The van der Waals surface area contributed by atoms with E-state index in [0.717, 1.165) is 16.5 Å². The molecule has 84 valence electrons. The molecule has 0 aliphatic heterocycles. The van der Waals surface area contributed by atoms with E-state index in [1.165, 1.54) is 0 Å². The molecule has 0 fully saturated rings. The number of aryl methyl sites for hydroxylation is 2. The summed E-state index contributed by atoms with van der Waals surface area (Å²) in [6, 6.07) is 9.51. The summed E-state index contributed by atoms with van der Waals surface area (Å²) in [7, 11) is 0. The van der Waals surface area contributed by atoms with Crippen LogP contribution in [0.25, 0.3) is 10.9 Å². The lowest BCUT2D eigenvalue weighted by Gasteiger charge is -2.10. The first-order valence-corrected chi connectivity index (χ1v) is 5.44. The number of hydrogen-bond donors (Lipinski definition) is 1. The largest absolute Gasteiger partial charge is 0.396 e. The molecule has 0 amide bonds. The van der Waals surface area contributed by atoms with Crippen LogP contribution in [0.5, 0.6) is 0 Å². The number of para-hydroxylation sites is 1. The Morgan fingerprint density at radius 3 is 2.81 bits per heavy atom. The van der Waals surface area contributed by atoms with E-state index in [4.69, 9.17) is 5.11 Å². The zero-order valence-electron chi connectivity index (χ0n) is 9.31. The van der Waals surface area contributed by atoms with Gasteiger partial charge in [-0.25, -0.2) is 0 Å². The zero-order valence-corrected chi connectivity index (χ0v) is 9.31. The van der Waals surface area contributed by atoms with Crippen LogP contribution in [0.2, 0.25) is 0 Å². The van der Waals surface area contributed by atoms with E-state index < -0.39 is 0 Å². The van der Waals surface area contributed by atoms with E-state index in [-0.39, 0.29) is 12.2 Å². The molecule has 1 heterocycles. The minimum atomic E-state index is 0.00431. The van der Waals surface area contributed by atoms with E-state index in [1.54, 1.807) is 10.6 Å². The average Bonchev–Trinajstić information content (AvgIpc) is 2.29. The number of aliphatic hydroxyl groups excluding tert-OH is 1. The molecule has 1 aromatic heterocycles. The third-order valence-corrected chi connectivity index (χ3v) is 2.77. The fourth-order valence-electron chi connectivity index (χ4n) is 1.96. The van der Waals surface area contributed by atoms with E-state index in [1.807, 2.05) is 31.2 Å². The Bertz CT molecular complexity index is 557. The highest BCUT2D eigenvalue weighted by Gasteiger charge is 2.04. The number of aromatic nitrogens is 1. The molecule has 2 rings (SSSR count). The van der Waals surface area contributed by atoms with Gasteiger partial charge in [0, 0.05) is 24.6 Å². The standard InChI is InChI=1S/C13H15NO2/c1-10-9-13(16)14(7-4-8-15)12-6-3-2-5-11(10)12/h2-3,5-6,9,15H,4,7-8H2,1H3. The van der Waals surface area contributed by atoms with Crippen molar-refractivity contribution in [2.75, 3.05) is 6.61 Å². The van der Waals surface area contributed by atoms with E-state index in [9.17, 15) is 4.79 Å². The second-order valence-electron chi connectivity index (χ2n) is 3.91. The van der Waals surface area contributed by atoms with Crippen molar-refractivity contribution >= 4 is 10.9 Å². The fourth-order valence-corrected chi connectivity index (χ4v) is 1.96. The molecule has 0 atom stereocenters. The molecule has 1 N–H and O–H groups in total. The lowest BCUT2D eigenvalue weighted by atomic mass is 10.1. The Hall–Kier alpha value is -1.61. The van der Waals surface area contributed by atoms with E-state index in [0.29, 0.717) is 13.0 Å². The van der Waals surface area contributed by atoms with Gasteiger partial charge in [0.1, 0.15) is 0 Å². The number of rotatable bonds is 3. The maximum atomic E-state index is 11.8. The first kappa shape index (κ1) is 10.9. The highest BCUT2D eigenvalue weighted by molar-refractivity contribution is 5.82. The van der Waals surface area contributed by atoms with Crippen molar-refractivity contribution in [3.63, 3.8) is 0 Å². The fraction of sp³-hybridized carbons (Fsp3) is 0.308. The van der Waals surface area contributed by atoms with Gasteiger partial charge in [-0.2, -0.15) is 0 Å². The van der Waals surface area contributed by atoms with Crippen LogP contribution in [0.1, 0.15) is 12.0 Å². The Labute approximate surface area is 94.0 Å². The molecule has 0 saturated carbocycles. The first-order chi connectivity index (χ1) is 7.74. The smallest absolute Gasteiger partial charge is 0.251 e. The van der Waals surface area contributed by atoms with Crippen LogP contribution < -0.4 is 5.56 Å². The Balaban J connectivity index is 2.66. The lowest BCUT2D eigenvalue weighted by Crippen LogP contribution is -2.20. The quantitative estimate of drug-likeness (QED) is 0.850. The van der Waals surface area contributed by atoms with Crippen molar-refractivity contribution < 1.29 is 5.11 Å². The first-order valence-electron chi connectivity index (χ1n) is 5.44.